The first-order valence-electron chi connectivity index (χ1n) is 12.0. The summed E-state index contributed by atoms with van der Waals surface area (Å²) in [5.74, 6) is 0.179. The molecule has 0 spiro atoms. The molecule has 8 heteroatoms. The summed E-state index contributed by atoms with van der Waals surface area (Å²) in [4.78, 5) is 16.0. The van der Waals surface area contributed by atoms with Crippen LogP contribution in [-0.4, -0.2) is 91.7 Å². The van der Waals surface area contributed by atoms with Crippen molar-refractivity contribution in [2.24, 2.45) is 0 Å². The van der Waals surface area contributed by atoms with Crippen LogP contribution in [0.3, 0.4) is 0 Å². The molecule has 7 nitrogen and oxygen atoms in total. The second-order valence-electron chi connectivity index (χ2n) is 9.45. The van der Waals surface area contributed by atoms with Gasteiger partial charge in [0.15, 0.2) is 0 Å². The van der Waals surface area contributed by atoms with Crippen LogP contribution in [0, 0.1) is 0 Å². The zero-order valence-electron chi connectivity index (χ0n) is 20.2. The molecule has 1 N–H and O–H groups in total. The Bertz CT molecular complexity index is 1100. The van der Waals surface area contributed by atoms with Gasteiger partial charge in [-0.1, -0.05) is 36.4 Å². The van der Waals surface area contributed by atoms with Gasteiger partial charge in [0.1, 0.15) is 0 Å². The Morgan fingerprint density at radius 3 is 2.15 bits per heavy atom. The highest BCUT2D eigenvalue weighted by Crippen LogP contribution is 2.42. The van der Waals surface area contributed by atoms with E-state index in [9.17, 15) is 18.3 Å². The van der Waals surface area contributed by atoms with Crippen molar-refractivity contribution in [3.05, 3.63) is 59.7 Å². The predicted molar refractivity (Wildman–Crippen MR) is 134 cm³/mol. The fourth-order valence-corrected chi connectivity index (χ4v) is 6.46. The summed E-state index contributed by atoms with van der Waals surface area (Å²) >= 11 is 0. The lowest BCUT2D eigenvalue weighted by Gasteiger charge is -2.57. The van der Waals surface area contributed by atoms with Crippen LogP contribution < -0.4 is 0 Å². The molecule has 2 heterocycles. The van der Waals surface area contributed by atoms with Gasteiger partial charge in [-0.2, -0.15) is 0 Å². The summed E-state index contributed by atoms with van der Waals surface area (Å²) in [7, 11) is 0.225. The molecular weight excluding hydrogens is 450 g/mol. The fraction of sp³-hybridized carbons (Fsp3) is 0.500. The largest absolute Gasteiger partial charge is 0.395 e. The summed E-state index contributed by atoms with van der Waals surface area (Å²) in [5, 5.41) is 10.1. The van der Waals surface area contributed by atoms with Gasteiger partial charge in [0.2, 0.25) is 10.0 Å². The molecule has 2 aliphatic rings. The summed E-state index contributed by atoms with van der Waals surface area (Å²) in [6, 6.07) is 16.0. The van der Waals surface area contributed by atoms with E-state index in [1.165, 1.54) is 0 Å². The number of benzene rings is 2. The average Bonchev–Trinajstić information content (AvgIpc) is 2.83. The van der Waals surface area contributed by atoms with Crippen LogP contribution in [0.5, 0.6) is 0 Å². The van der Waals surface area contributed by atoms with E-state index in [-0.39, 0.29) is 36.3 Å². The molecule has 2 aromatic rings. The summed E-state index contributed by atoms with van der Waals surface area (Å²) in [6.45, 7) is 3.69. The van der Waals surface area contributed by atoms with Crippen molar-refractivity contribution in [3.8, 4) is 11.1 Å². The van der Waals surface area contributed by atoms with Gasteiger partial charge >= 0.3 is 0 Å². The molecule has 0 radical (unpaired) electrons. The van der Waals surface area contributed by atoms with E-state index in [0.29, 0.717) is 18.7 Å². The van der Waals surface area contributed by atoms with Crippen molar-refractivity contribution in [2.45, 2.75) is 37.8 Å². The van der Waals surface area contributed by atoms with Crippen LogP contribution in [-0.2, 0) is 10.0 Å². The third-order valence-electron chi connectivity index (χ3n) is 7.26. The van der Waals surface area contributed by atoms with Crippen LogP contribution in [0.4, 0.5) is 0 Å². The number of aliphatic hydroxyl groups excluding tert-OH is 1. The van der Waals surface area contributed by atoms with Gasteiger partial charge in [0, 0.05) is 50.7 Å². The number of sulfonamides is 1. The number of amides is 1. The number of carbonyl (C=O) groups excluding carboxylic acids is 1. The standard InChI is InChI=1S/C26H35N3O4S/c1-4-34(32,33)28-15-5-6-16-29-23(17-28)25(24(29)18-30)21-11-7-19(8-12-21)20-9-13-22(14-10-20)26(31)27(2)3/h7-14,23-25,30H,4-6,15-18H2,1-3H3/t23-,24+,25-/m0/s1. The van der Waals surface area contributed by atoms with Crippen molar-refractivity contribution in [3.63, 3.8) is 0 Å². The minimum absolute atomic E-state index is 0.0106. The molecule has 184 valence electrons. The maximum atomic E-state index is 12.6. The van der Waals surface area contributed by atoms with E-state index in [1.807, 2.05) is 24.3 Å². The SMILES string of the molecule is CCS(=O)(=O)N1CCCCN2[C@H](CO)[C@@H](c3ccc(-c4ccc(C(=O)N(C)C)cc4)cc3)[C@@H]2C1. The Kier molecular flexibility index (Phi) is 7.42. The van der Waals surface area contributed by atoms with Crippen LogP contribution in [0.1, 0.15) is 41.6 Å². The summed E-state index contributed by atoms with van der Waals surface area (Å²) in [5.41, 5.74) is 3.86. The van der Waals surface area contributed by atoms with Crippen LogP contribution in [0.25, 0.3) is 11.1 Å². The monoisotopic (exact) mass is 485 g/mol. The molecule has 0 aliphatic carbocycles. The number of rotatable bonds is 6. The van der Waals surface area contributed by atoms with Gasteiger partial charge in [0.05, 0.1) is 12.4 Å². The van der Waals surface area contributed by atoms with Gasteiger partial charge in [-0.25, -0.2) is 12.7 Å². The van der Waals surface area contributed by atoms with Crippen molar-refractivity contribution in [1.29, 1.82) is 0 Å². The number of carbonyl (C=O) groups is 1. The first-order valence-corrected chi connectivity index (χ1v) is 13.6. The molecule has 0 saturated carbocycles. The van der Waals surface area contributed by atoms with E-state index in [0.717, 1.165) is 36.1 Å². The maximum absolute atomic E-state index is 12.6. The lowest BCUT2D eigenvalue weighted by atomic mass is 9.74. The summed E-state index contributed by atoms with van der Waals surface area (Å²) in [6.07, 6.45) is 1.78. The molecule has 1 amide bonds. The van der Waals surface area contributed by atoms with E-state index < -0.39 is 10.0 Å². The van der Waals surface area contributed by atoms with Crippen molar-refractivity contribution in [1.82, 2.24) is 14.1 Å². The minimum atomic E-state index is -3.25. The quantitative estimate of drug-likeness (QED) is 0.680. The second kappa shape index (κ2) is 10.2. The van der Waals surface area contributed by atoms with Gasteiger partial charge in [-0.15, -0.1) is 0 Å². The number of hydrogen-bond acceptors (Lipinski definition) is 5. The number of hydrogen-bond donors (Lipinski definition) is 1. The molecule has 2 fully saturated rings. The highest BCUT2D eigenvalue weighted by Gasteiger charge is 2.50. The molecule has 3 atom stereocenters. The zero-order valence-corrected chi connectivity index (χ0v) is 21.0. The normalized spacial score (nSPS) is 23.9. The molecule has 0 aromatic heterocycles. The highest BCUT2D eigenvalue weighted by molar-refractivity contribution is 7.89. The molecule has 34 heavy (non-hydrogen) atoms. The topological polar surface area (TPSA) is 81.2 Å². The predicted octanol–water partition coefficient (Wildman–Crippen LogP) is 2.63. The summed E-state index contributed by atoms with van der Waals surface area (Å²) < 4.78 is 26.9. The lowest BCUT2D eigenvalue weighted by molar-refractivity contribution is -0.0553. The maximum Gasteiger partial charge on any atom is 0.253 e. The third-order valence-corrected chi connectivity index (χ3v) is 9.11. The van der Waals surface area contributed by atoms with Crippen molar-refractivity contribution in [2.75, 3.05) is 46.1 Å². The Balaban J connectivity index is 1.55. The van der Waals surface area contributed by atoms with Crippen molar-refractivity contribution >= 4 is 15.9 Å². The average molecular weight is 486 g/mol. The molecule has 4 rings (SSSR count). The second-order valence-corrected chi connectivity index (χ2v) is 11.7. The smallest absolute Gasteiger partial charge is 0.253 e. The number of nitrogens with zero attached hydrogens (tertiary/aromatic N) is 3. The number of aliphatic hydroxyl groups is 1. The minimum Gasteiger partial charge on any atom is -0.395 e. The van der Waals surface area contributed by atoms with Crippen molar-refractivity contribution < 1.29 is 18.3 Å². The van der Waals surface area contributed by atoms with Crippen LogP contribution in [0.2, 0.25) is 0 Å². The molecular formula is C26H35N3O4S. The molecule has 0 unspecified atom stereocenters. The fourth-order valence-electron chi connectivity index (χ4n) is 5.31. The van der Waals surface area contributed by atoms with Gasteiger partial charge in [0.25, 0.3) is 5.91 Å². The van der Waals surface area contributed by atoms with E-state index in [2.05, 4.69) is 29.2 Å². The molecule has 0 bridgehead atoms. The first-order chi connectivity index (χ1) is 16.3. The van der Waals surface area contributed by atoms with Gasteiger partial charge in [-0.3, -0.25) is 9.69 Å². The highest BCUT2D eigenvalue weighted by atomic mass is 32.2. The van der Waals surface area contributed by atoms with Gasteiger partial charge < -0.3 is 10.0 Å². The van der Waals surface area contributed by atoms with Crippen LogP contribution >= 0.6 is 0 Å². The molecule has 2 aliphatic heterocycles. The van der Waals surface area contributed by atoms with E-state index in [4.69, 9.17) is 0 Å². The Morgan fingerprint density at radius 2 is 1.59 bits per heavy atom. The lowest BCUT2D eigenvalue weighted by Crippen LogP contribution is -2.67. The number of fused-ring (bicyclic) bond motifs is 1. The third kappa shape index (κ3) is 4.77. The zero-order chi connectivity index (χ0) is 24.5. The van der Waals surface area contributed by atoms with E-state index >= 15 is 0 Å². The molecule has 2 saturated heterocycles. The Labute approximate surface area is 203 Å². The molecule has 2 aromatic carbocycles. The van der Waals surface area contributed by atoms with Crippen LogP contribution in [0.15, 0.2) is 48.5 Å². The Hall–Kier alpha value is -2.26. The van der Waals surface area contributed by atoms with Gasteiger partial charge in [-0.05, 0) is 55.1 Å². The first kappa shape index (κ1) is 24.9. The Morgan fingerprint density at radius 1 is 1.00 bits per heavy atom. The van der Waals surface area contributed by atoms with E-state index in [1.54, 1.807) is 30.2 Å².